The summed E-state index contributed by atoms with van der Waals surface area (Å²) in [5.41, 5.74) is 1.42. The molecule has 0 aliphatic carbocycles. The van der Waals surface area contributed by atoms with Gasteiger partial charge in [-0.05, 0) is 50.7 Å². The third-order valence-electron chi connectivity index (χ3n) is 4.18. The first-order valence-electron chi connectivity index (χ1n) is 8.02. The van der Waals surface area contributed by atoms with Crippen LogP contribution in [0, 0.1) is 5.82 Å². The lowest BCUT2D eigenvalue weighted by Crippen LogP contribution is -2.41. The molecule has 128 valence electrons. The van der Waals surface area contributed by atoms with E-state index >= 15 is 0 Å². The summed E-state index contributed by atoms with van der Waals surface area (Å²) in [5.74, 6) is -0.361. The number of hydrogen-bond donors (Lipinski definition) is 0. The van der Waals surface area contributed by atoms with Crippen LogP contribution in [0.25, 0.3) is 0 Å². The van der Waals surface area contributed by atoms with Crippen molar-refractivity contribution in [2.45, 2.75) is 25.9 Å². The van der Waals surface area contributed by atoms with Crippen molar-refractivity contribution in [3.63, 3.8) is 0 Å². The van der Waals surface area contributed by atoms with Crippen molar-refractivity contribution in [2.75, 3.05) is 20.6 Å². The summed E-state index contributed by atoms with van der Waals surface area (Å²) < 4.78 is 13.7. The molecule has 2 rings (SSSR count). The quantitative estimate of drug-likeness (QED) is 0.817. The molecule has 1 atom stereocenters. The van der Waals surface area contributed by atoms with Gasteiger partial charge in [-0.1, -0.05) is 18.2 Å². The highest BCUT2D eigenvalue weighted by atomic mass is 19.1. The fourth-order valence-electron chi connectivity index (χ4n) is 2.46. The van der Waals surface area contributed by atoms with Crippen LogP contribution in [0.3, 0.4) is 0 Å². The lowest BCUT2D eigenvalue weighted by molar-refractivity contribution is -0.132. The first-order chi connectivity index (χ1) is 11.4. The van der Waals surface area contributed by atoms with Gasteiger partial charge in [0, 0.05) is 19.3 Å². The molecule has 0 bridgehead atoms. The Morgan fingerprint density at radius 2 is 1.92 bits per heavy atom. The van der Waals surface area contributed by atoms with Crippen molar-refractivity contribution in [3.05, 3.63) is 65.7 Å². The zero-order valence-electron chi connectivity index (χ0n) is 14.6. The van der Waals surface area contributed by atoms with Gasteiger partial charge in [0.15, 0.2) is 0 Å². The first-order valence-corrected chi connectivity index (χ1v) is 8.02. The molecule has 1 unspecified atom stereocenters. The van der Waals surface area contributed by atoms with E-state index in [2.05, 4.69) is 4.98 Å². The van der Waals surface area contributed by atoms with E-state index in [9.17, 15) is 9.18 Å². The van der Waals surface area contributed by atoms with Crippen molar-refractivity contribution in [1.82, 2.24) is 14.8 Å². The molecule has 4 nitrogen and oxygen atoms in total. The number of rotatable bonds is 6. The van der Waals surface area contributed by atoms with E-state index in [1.807, 2.05) is 50.1 Å². The standard InChI is InChI=1S/C19H24FN3O/c1-14(2)22(3)13-18(24)23(4)19(17-10-5-6-11-21-17)15-8-7-9-16(20)12-15/h5-12,14,19H,13H2,1-4H3. The highest BCUT2D eigenvalue weighted by Gasteiger charge is 2.25. The number of carbonyl (C=O) groups is 1. The van der Waals surface area contributed by atoms with Crippen LogP contribution < -0.4 is 0 Å². The molecular formula is C19H24FN3O. The molecule has 0 saturated carbocycles. The van der Waals surface area contributed by atoms with Gasteiger partial charge in [-0.15, -0.1) is 0 Å². The second kappa shape index (κ2) is 8.02. The van der Waals surface area contributed by atoms with Gasteiger partial charge in [0.25, 0.3) is 0 Å². The summed E-state index contributed by atoms with van der Waals surface area (Å²) in [4.78, 5) is 20.7. The van der Waals surface area contributed by atoms with Crippen molar-refractivity contribution >= 4 is 5.91 Å². The summed E-state index contributed by atoms with van der Waals surface area (Å²) >= 11 is 0. The van der Waals surface area contributed by atoms with Crippen molar-refractivity contribution in [1.29, 1.82) is 0 Å². The Morgan fingerprint density at radius 1 is 1.17 bits per heavy atom. The molecule has 0 N–H and O–H groups in total. The molecule has 0 aliphatic heterocycles. The first kappa shape index (κ1) is 18.1. The minimum Gasteiger partial charge on any atom is -0.332 e. The topological polar surface area (TPSA) is 36.4 Å². The molecule has 2 aromatic rings. The summed E-state index contributed by atoms with van der Waals surface area (Å²) in [7, 11) is 3.65. The Kier molecular flexibility index (Phi) is 6.04. The third kappa shape index (κ3) is 4.38. The number of benzene rings is 1. The van der Waals surface area contributed by atoms with Crippen LogP contribution >= 0.6 is 0 Å². The average Bonchev–Trinajstić information content (AvgIpc) is 2.56. The van der Waals surface area contributed by atoms with Crippen LogP contribution in [0.2, 0.25) is 0 Å². The van der Waals surface area contributed by atoms with E-state index in [1.54, 1.807) is 24.2 Å². The maximum absolute atomic E-state index is 13.7. The molecule has 0 saturated heterocycles. The zero-order chi connectivity index (χ0) is 17.7. The number of halogens is 1. The van der Waals surface area contributed by atoms with Crippen molar-refractivity contribution in [2.24, 2.45) is 0 Å². The molecular weight excluding hydrogens is 305 g/mol. The Balaban J connectivity index is 2.34. The molecule has 0 fully saturated rings. The van der Waals surface area contributed by atoms with Gasteiger partial charge in [-0.3, -0.25) is 14.7 Å². The Labute approximate surface area is 142 Å². The summed E-state index contributed by atoms with van der Waals surface area (Å²) in [6, 6.07) is 11.7. The van der Waals surface area contributed by atoms with E-state index in [0.717, 1.165) is 0 Å². The van der Waals surface area contributed by atoms with Crippen LogP contribution in [0.5, 0.6) is 0 Å². The fourth-order valence-corrected chi connectivity index (χ4v) is 2.46. The molecule has 1 heterocycles. The van der Waals surface area contributed by atoms with Crippen LogP contribution in [0.1, 0.15) is 31.1 Å². The molecule has 24 heavy (non-hydrogen) atoms. The third-order valence-corrected chi connectivity index (χ3v) is 4.18. The van der Waals surface area contributed by atoms with E-state index in [-0.39, 0.29) is 17.8 Å². The minimum atomic E-state index is -0.421. The maximum atomic E-state index is 13.7. The Bertz CT molecular complexity index is 675. The molecule has 0 aliphatic rings. The van der Waals surface area contributed by atoms with Gasteiger partial charge in [0.05, 0.1) is 18.3 Å². The van der Waals surface area contributed by atoms with Crippen LogP contribution in [0.15, 0.2) is 48.7 Å². The number of nitrogens with zero attached hydrogens (tertiary/aromatic N) is 3. The van der Waals surface area contributed by atoms with Crippen LogP contribution in [0.4, 0.5) is 4.39 Å². The normalized spacial score (nSPS) is 12.5. The molecule has 0 spiro atoms. The van der Waals surface area contributed by atoms with E-state index in [1.165, 1.54) is 12.1 Å². The number of likely N-dealkylation sites (N-methyl/N-ethyl adjacent to an activating group) is 2. The van der Waals surface area contributed by atoms with E-state index < -0.39 is 6.04 Å². The van der Waals surface area contributed by atoms with Gasteiger partial charge in [-0.2, -0.15) is 0 Å². The Morgan fingerprint density at radius 3 is 2.50 bits per heavy atom. The molecule has 5 heteroatoms. The van der Waals surface area contributed by atoms with E-state index in [0.29, 0.717) is 17.8 Å². The predicted molar refractivity (Wildman–Crippen MR) is 93.0 cm³/mol. The molecule has 0 radical (unpaired) electrons. The lowest BCUT2D eigenvalue weighted by Gasteiger charge is -2.31. The smallest absolute Gasteiger partial charge is 0.237 e. The van der Waals surface area contributed by atoms with Crippen molar-refractivity contribution in [3.8, 4) is 0 Å². The fraction of sp³-hybridized carbons (Fsp3) is 0.368. The van der Waals surface area contributed by atoms with Crippen LogP contribution in [-0.2, 0) is 4.79 Å². The molecule has 1 amide bonds. The summed E-state index contributed by atoms with van der Waals surface area (Å²) in [6.45, 7) is 4.37. The second-order valence-corrected chi connectivity index (χ2v) is 6.23. The van der Waals surface area contributed by atoms with Gasteiger partial charge in [0.2, 0.25) is 5.91 Å². The summed E-state index contributed by atoms with van der Waals surface area (Å²) in [5, 5.41) is 0. The summed E-state index contributed by atoms with van der Waals surface area (Å²) in [6.07, 6.45) is 1.68. The monoisotopic (exact) mass is 329 g/mol. The SMILES string of the molecule is CC(C)N(C)CC(=O)N(C)C(c1cccc(F)c1)c1ccccn1. The minimum absolute atomic E-state index is 0.0360. The average molecular weight is 329 g/mol. The van der Waals surface area contributed by atoms with Crippen LogP contribution in [-0.4, -0.2) is 47.4 Å². The number of aromatic nitrogens is 1. The Hall–Kier alpha value is -2.27. The number of pyridine rings is 1. The van der Waals surface area contributed by atoms with Gasteiger partial charge in [0.1, 0.15) is 5.82 Å². The highest BCUT2D eigenvalue weighted by Crippen LogP contribution is 2.26. The molecule has 1 aromatic heterocycles. The number of amides is 1. The zero-order valence-corrected chi connectivity index (χ0v) is 14.6. The van der Waals surface area contributed by atoms with Crippen molar-refractivity contribution < 1.29 is 9.18 Å². The van der Waals surface area contributed by atoms with E-state index in [4.69, 9.17) is 0 Å². The van der Waals surface area contributed by atoms with Gasteiger partial charge >= 0.3 is 0 Å². The maximum Gasteiger partial charge on any atom is 0.237 e. The lowest BCUT2D eigenvalue weighted by atomic mass is 10.0. The highest BCUT2D eigenvalue weighted by molar-refractivity contribution is 5.79. The largest absolute Gasteiger partial charge is 0.332 e. The predicted octanol–water partition coefficient (Wildman–Crippen LogP) is 3.11. The van der Waals surface area contributed by atoms with Gasteiger partial charge in [-0.25, -0.2) is 4.39 Å². The second-order valence-electron chi connectivity index (χ2n) is 6.23. The molecule has 1 aromatic carbocycles. The number of carbonyl (C=O) groups excluding carboxylic acids is 1. The number of hydrogen-bond acceptors (Lipinski definition) is 3. The van der Waals surface area contributed by atoms with Gasteiger partial charge < -0.3 is 4.90 Å².